The number of hydrogen-bond donors (Lipinski definition) is 1. The van der Waals surface area contributed by atoms with Crippen molar-refractivity contribution in [2.75, 3.05) is 11.9 Å². The maximum absolute atomic E-state index is 5.75. The van der Waals surface area contributed by atoms with Crippen molar-refractivity contribution >= 4 is 38.8 Å². The molecule has 2 nitrogen and oxygen atoms in total. The largest absolute Gasteiger partial charge is 0.389 e. The van der Waals surface area contributed by atoms with Gasteiger partial charge in [0.25, 0.3) is 0 Å². The van der Waals surface area contributed by atoms with Crippen molar-refractivity contribution in [2.45, 2.75) is 18.9 Å². The predicted molar refractivity (Wildman–Crippen MR) is 71.5 cm³/mol. The molecule has 0 saturated heterocycles. The smallest absolute Gasteiger partial charge is 0.107 e. The molecule has 0 unspecified atom stereocenters. The first-order valence-corrected chi connectivity index (χ1v) is 6.12. The zero-order valence-electron chi connectivity index (χ0n) is 8.53. The van der Waals surface area contributed by atoms with E-state index in [1.54, 1.807) is 0 Å². The fourth-order valence-electron chi connectivity index (χ4n) is 1.71. The molecule has 1 aliphatic carbocycles. The SMILES string of the molecule is CN(c1cccc(Br)c1C(N)=S)C1CC1. The number of nitrogens with zero attached hydrogens (tertiary/aromatic N) is 1. The second-order valence-electron chi connectivity index (χ2n) is 3.84. The van der Waals surface area contributed by atoms with E-state index >= 15 is 0 Å². The molecule has 1 aromatic carbocycles. The molecule has 0 amide bonds. The zero-order valence-corrected chi connectivity index (χ0v) is 10.9. The van der Waals surface area contributed by atoms with Crippen LogP contribution in [0.3, 0.4) is 0 Å². The van der Waals surface area contributed by atoms with E-state index in [0.29, 0.717) is 11.0 Å². The van der Waals surface area contributed by atoms with Crippen molar-refractivity contribution in [3.8, 4) is 0 Å². The van der Waals surface area contributed by atoms with Crippen LogP contribution >= 0.6 is 28.1 Å². The van der Waals surface area contributed by atoms with E-state index in [4.69, 9.17) is 18.0 Å². The molecule has 2 N–H and O–H groups in total. The van der Waals surface area contributed by atoms with Crippen molar-refractivity contribution in [1.82, 2.24) is 0 Å². The lowest BCUT2D eigenvalue weighted by Crippen LogP contribution is -2.24. The predicted octanol–water partition coefficient (Wildman–Crippen LogP) is 2.68. The van der Waals surface area contributed by atoms with E-state index in [1.807, 2.05) is 12.1 Å². The first-order valence-electron chi connectivity index (χ1n) is 4.92. The summed E-state index contributed by atoms with van der Waals surface area (Å²) in [5.74, 6) is 0. The third kappa shape index (κ3) is 2.16. The number of nitrogens with two attached hydrogens (primary N) is 1. The van der Waals surface area contributed by atoms with Gasteiger partial charge in [0.05, 0.1) is 0 Å². The molecule has 1 aliphatic rings. The van der Waals surface area contributed by atoms with Crippen LogP contribution in [0.15, 0.2) is 22.7 Å². The first kappa shape index (κ1) is 10.9. The molecule has 0 heterocycles. The van der Waals surface area contributed by atoms with E-state index in [1.165, 1.54) is 12.8 Å². The number of halogens is 1. The van der Waals surface area contributed by atoms with Crippen molar-refractivity contribution in [3.05, 3.63) is 28.2 Å². The highest BCUT2D eigenvalue weighted by Crippen LogP contribution is 2.34. The van der Waals surface area contributed by atoms with Gasteiger partial charge in [-0.1, -0.05) is 18.3 Å². The standard InChI is InChI=1S/C11H13BrN2S/c1-14(7-5-6-7)9-4-2-3-8(12)10(9)11(13)15/h2-4,7H,5-6H2,1H3,(H2,13,15). The minimum absolute atomic E-state index is 0.449. The summed E-state index contributed by atoms with van der Waals surface area (Å²) in [6.45, 7) is 0. The van der Waals surface area contributed by atoms with Crippen molar-refractivity contribution in [3.63, 3.8) is 0 Å². The number of anilines is 1. The fraction of sp³-hybridized carbons (Fsp3) is 0.364. The topological polar surface area (TPSA) is 29.3 Å². The van der Waals surface area contributed by atoms with Crippen LogP contribution in [-0.2, 0) is 0 Å². The summed E-state index contributed by atoms with van der Waals surface area (Å²) in [6, 6.07) is 6.71. The normalized spacial score (nSPS) is 15.1. The van der Waals surface area contributed by atoms with E-state index in [-0.39, 0.29) is 0 Å². The molecule has 1 fully saturated rings. The summed E-state index contributed by atoms with van der Waals surface area (Å²) in [7, 11) is 2.10. The van der Waals surface area contributed by atoms with Crippen molar-refractivity contribution < 1.29 is 0 Å². The molecule has 0 aliphatic heterocycles. The molecule has 1 saturated carbocycles. The average molecular weight is 285 g/mol. The van der Waals surface area contributed by atoms with E-state index in [0.717, 1.165) is 15.7 Å². The molecule has 15 heavy (non-hydrogen) atoms. The molecule has 0 radical (unpaired) electrons. The van der Waals surface area contributed by atoms with Crippen LogP contribution in [0.4, 0.5) is 5.69 Å². The molecule has 1 aromatic rings. The van der Waals surface area contributed by atoms with Gasteiger partial charge in [0, 0.05) is 28.8 Å². The van der Waals surface area contributed by atoms with Gasteiger partial charge in [0.2, 0.25) is 0 Å². The van der Waals surface area contributed by atoms with Crippen LogP contribution in [0.25, 0.3) is 0 Å². The third-order valence-corrected chi connectivity index (χ3v) is 3.58. The summed E-state index contributed by atoms with van der Waals surface area (Å²) >= 11 is 8.58. The number of rotatable bonds is 3. The highest BCUT2D eigenvalue weighted by atomic mass is 79.9. The number of benzene rings is 1. The Morgan fingerprint density at radius 1 is 1.53 bits per heavy atom. The fourth-order valence-corrected chi connectivity index (χ4v) is 2.62. The lowest BCUT2D eigenvalue weighted by molar-refractivity contribution is 0.915. The van der Waals surface area contributed by atoms with Gasteiger partial charge in [-0.2, -0.15) is 0 Å². The minimum atomic E-state index is 0.449. The quantitative estimate of drug-likeness (QED) is 0.866. The van der Waals surface area contributed by atoms with E-state index in [9.17, 15) is 0 Å². The lowest BCUT2D eigenvalue weighted by atomic mass is 10.1. The summed E-state index contributed by atoms with van der Waals surface area (Å²) in [6.07, 6.45) is 2.53. The van der Waals surface area contributed by atoms with Crippen LogP contribution in [-0.4, -0.2) is 18.1 Å². The molecule has 4 heteroatoms. The van der Waals surface area contributed by atoms with E-state index in [2.05, 4.69) is 33.9 Å². The zero-order chi connectivity index (χ0) is 11.0. The third-order valence-electron chi connectivity index (χ3n) is 2.71. The molecule has 0 spiro atoms. The Hall–Kier alpha value is -0.610. The Morgan fingerprint density at radius 2 is 2.20 bits per heavy atom. The Morgan fingerprint density at radius 3 is 2.73 bits per heavy atom. The first-order chi connectivity index (χ1) is 7.11. The van der Waals surface area contributed by atoms with Crippen LogP contribution in [0.5, 0.6) is 0 Å². The molecular formula is C11H13BrN2S. The van der Waals surface area contributed by atoms with Gasteiger partial charge in [-0.15, -0.1) is 0 Å². The Labute approximate surface area is 104 Å². The second-order valence-corrected chi connectivity index (χ2v) is 5.13. The van der Waals surface area contributed by atoms with Crippen LogP contribution in [0, 0.1) is 0 Å². The number of thiocarbonyl (C=S) groups is 1. The van der Waals surface area contributed by atoms with Crippen molar-refractivity contribution in [2.24, 2.45) is 5.73 Å². The van der Waals surface area contributed by atoms with Gasteiger partial charge < -0.3 is 10.6 Å². The van der Waals surface area contributed by atoms with Crippen molar-refractivity contribution in [1.29, 1.82) is 0 Å². The average Bonchev–Trinajstić information content (AvgIpc) is 2.98. The summed E-state index contributed by atoms with van der Waals surface area (Å²) in [4.78, 5) is 2.71. The summed E-state index contributed by atoms with van der Waals surface area (Å²) in [5, 5.41) is 0. The summed E-state index contributed by atoms with van der Waals surface area (Å²) < 4.78 is 0.972. The van der Waals surface area contributed by atoms with Crippen LogP contribution in [0.2, 0.25) is 0 Å². The molecule has 0 aromatic heterocycles. The molecule has 0 bridgehead atoms. The minimum Gasteiger partial charge on any atom is -0.389 e. The van der Waals surface area contributed by atoms with Gasteiger partial charge in [0.1, 0.15) is 4.99 Å². The highest BCUT2D eigenvalue weighted by Gasteiger charge is 2.28. The molecule has 2 rings (SSSR count). The summed E-state index contributed by atoms with van der Waals surface area (Å²) in [5.41, 5.74) is 7.82. The highest BCUT2D eigenvalue weighted by molar-refractivity contribution is 9.10. The van der Waals surface area contributed by atoms with Gasteiger partial charge >= 0.3 is 0 Å². The van der Waals surface area contributed by atoms with E-state index < -0.39 is 0 Å². The van der Waals surface area contributed by atoms with Gasteiger partial charge in [-0.3, -0.25) is 0 Å². The molecule has 80 valence electrons. The van der Waals surface area contributed by atoms with Gasteiger partial charge in [0.15, 0.2) is 0 Å². The van der Waals surface area contributed by atoms with Crippen LogP contribution < -0.4 is 10.6 Å². The lowest BCUT2D eigenvalue weighted by Gasteiger charge is -2.22. The monoisotopic (exact) mass is 284 g/mol. The molecular weight excluding hydrogens is 272 g/mol. The maximum atomic E-state index is 5.75. The number of hydrogen-bond acceptors (Lipinski definition) is 2. The Balaban J connectivity index is 2.44. The van der Waals surface area contributed by atoms with Gasteiger partial charge in [-0.25, -0.2) is 0 Å². The van der Waals surface area contributed by atoms with Gasteiger partial charge in [-0.05, 0) is 40.9 Å². The second kappa shape index (κ2) is 4.10. The Kier molecular flexibility index (Phi) is 2.98. The maximum Gasteiger partial charge on any atom is 0.107 e. The van der Waals surface area contributed by atoms with Crippen LogP contribution in [0.1, 0.15) is 18.4 Å². The molecule has 0 atom stereocenters. The Bertz CT molecular complexity index is 402.